The highest BCUT2D eigenvalue weighted by Crippen LogP contribution is 2.35. The Morgan fingerprint density at radius 3 is 2.56 bits per heavy atom. The first-order valence-corrected chi connectivity index (χ1v) is 12.9. The molecule has 0 radical (unpaired) electrons. The van der Waals surface area contributed by atoms with Crippen LogP contribution in [0.25, 0.3) is 10.8 Å². The van der Waals surface area contributed by atoms with E-state index in [9.17, 15) is 13.2 Å². The molecule has 0 bridgehead atoms. The summed E-state index contributed by atoms with van der Waals surface area (Å²) in [6.45, 7) is 3.46. The van der Waals surface area contributed by atoms with Gasteiger partial charge in [-0.2, -0.15) is 4.31 Å². The third-order valence-electron chi connectivity index (χ3n) is 5.89. The molecule has 0 N–H and O–H groups in total. The average Bonchev–Trinajstić information content (AvgIpc) is 3.43. The number of amides is 1. The van der Waals surface area contributed by atoms with Crippen molar-refractivity contribution >= 4 is 33.0 Å². The van der Waals surface area contributed by atoms with E-state index in [1.807, 2.05) is 0 Å². The molecule has 0 spiro atoms. The van der Waals surface area contributed by atoms with Gasteiger partial charge in [-0.1, -0.05) is 6.42 Å². The summed E-state index contributed by atoms with van der Waals surface area (Å²) < 4.78 is 27.6. The highest BCUT2D eigenvalue weighted by molar-refractivity contribution is 7.89. The van der Waals surface area contributed by atoms with Crippen LogP contribution >= 0.6 is 11.3 Å². The second-order valence-corrected chi connectivity index (χ2v) is 10.9. The molecule has 2 aliphatic heterocycles. The SMILES string of the molecule is Cc1nc(-c2ncccn2)sc1C(=O)N1CCc2cc(S(=O)(=O)N3CCCCC3)ccc21. The lowest BCUT2D eigenvalue weighted by Crippen LogP contribution is -2.35. The van der Waals surface area contributed by atoms with Crippen LogP contribution in [0.2, 0.25) is 0 Å². The molecule has 1 fully saturated rings. The van der Waals surface area contributed by atoms with Gasteiger partial charge >= 0.3 is 0 Å². The van der Waals surface area contributed by atoms with Gasteiger partial charge in [-0.3, -0.25) is 4.79 Å². The van der Waals surface area contributed by atoms with Gasteiger partial charge in [0.15, 0.2) is 10.8 Å². The van der Waals surface area contributed by atoms with Gasteiger partial charge < -0.3 is 4.90 Å². The molecule has 0 atom stereocenters. The molecule has 4 heterocycles. The molecule has 8 nitrogen and oxygen atoms in total. The Bertz CT molecular complexity index is 1270. The first kappa shape index (κ1) is 21.2. The van der Waals surface area contributed by atoms with Gasteiger partial charge in [0, 0.05) is 37.7 Å². The summed E-state index contributed by atoms with van der Waals surface area (Å²) in [6, 6.07) is 6.85. The first-order chi connectivity index (χ1) is 15.4. The molecule has 2 aliphatic rings. The summed E-state index contributed by atoms with van der Waals surface area (Å²) in [5.74, 6) is 0.363. The Kier molecular flexibility index (Phi) is 5.52. The minimum Gasteiger partial charge on any atom is -0.307 e. The van der Waals surface area contributed by atoms with E-state index in [1.54, 1.807) is 52.8 Å². The quantitative estimate of drug-likeness (QED) is 0.582. The van der Waals surface area contributed by atoms with Crippen LogP contribution in [0.3, 0.4) is 0 Å². The van der Waals surface area contributed by atoms with Crippen molar-refractivity contribution in [1.82, 2.24) is 19.3 Å². The Balaban J connectivity index is 1.41. The molecule has 0 unspecified atom stereocenters. The number of thiazole rings is 1. The van der Waals surface area contributed by atoms with Crippen molar-refractivity contribution in [1.29, 1.82) is 0 Å². The van der Waals surface area contributed by atoms with Gasteiger partial charge in [-0.15, -0.1) is 11.3 Å². The number of hydrogen-bond acceptors (Lipinski definition) is 7. The highest BCUT2D eigenvalue weighted by atomic mass is 32.2. The Hall–Kier alpha value is -2.69. The molecule has 2 aromatic heterocycles. The molecule has 1 aromatic carbocycles. The number of hydrogen-bond donors (Lipinski definition) is 0. The zero-order chi connectivity index (χ0) is 22.3. The zero-order valence-electron chi connectivity index (χ0n) is 17.7. The summed E-state index contributed by atoms with van der Waals surface area (Å²) in [5.41, 5.74) is 2.28. The molecular formula is C22H23N5O3S2. The van der Waals surface area contributed by atoms with E-state index in [-0.39, 0.29) is 5.91 Å². The lowest BCUT2D eigenvalue weighted by Gasteiger charge is -2.26. The number of carbonyl (C=O) groups excluding carboxylic acids is 1. The second-order valence-electron chi connectivity index (χ2n) is 7.97. The van der Waals surface area contributed by atoms with E-state index >= 15 is 0 Å². The molecular weight excluding hydrogens is 446 g/mol. The molecule has 3 aromatic rings. The van der Waals surface area contributed by atoms with Gasteiger partial charge in [0.25, 0.3) is 5.91 Å². The van der Waals surface area contributed by atoms with Crippen molar-refractivity contribution in [3.05, 3.63) is 52.8 Å². The van der Waals surface area contributed by atoms with E-state index < -0.39 is 10.0 Å². The van der Waals surface area contributed by atoms with Crippen molar-refractivity contribution in [3.63, 3.8) is 0 Å². The lowest BCUT2D eigenvalue weighted by atomic mass is 10.2. The highest BCUT2D eigenvalue weighted by Gasteiger charge is 2.32. The first-order valence-electron chi connectivity index (χ1n) is 10.6. The maximum Gasteiger partial charge on any atom is 0.270 e. The number of fused-ring (bicyclic) bond motifs is 1. The molecule has 0 aliphatic carbocycles. The number of sulfonamides is 1. The van der Waals surface area contributed by atoms with Crippen molar-refractivity contribution in [2.45, 2.75) is 37.5 Å². The van der Waals surface area contributed by atoms with Crippen LogP contribution in [0, 0.1) is 6.92 Å². The Morgan fingerprint density at radius 1 is 1.06 bits per heavy atom. The van der Waals surface area contributed by atoms with E-state index in [4.69, 9.17) is 0 Å². The van der Waals surface area contributed by atoms with Crippen molar-refractivity contribution in [2.75, 3.05) is 24.5 Å². The van der Waals surface area contributed by atoms with Crippen LogP contribution in [-0.2, 0) is 16.4 Å². The van der Waals surface area contributed by atoms with Crippen molar-refractivity contribution in [2.24, 2.45) is 0 Å². The predicted octanol–water partition coefficient (Wildman–Crippen LogP) is 3.29. The molecule has 1 saturated heterocycles. The largest absolute Gasteiger partial charge is 0.307 e. The van der Waals surface area contributed by atoms with Crippen LogP contribution in [-0.4, -0.2) is 53.2 Å². The zero-order valence-corrected chi connectivity index (χ0v) is 19.3. The number of piperidine rings is 1. The molecule has 0 saturated carbocycles. The van der Waals surface area contributed by atoms with E-state index in [0.29, 0.717) is 52.4 Å². The maximum absolute atomic E-state index is 13.3. The standard InChI is InChI=1S/C22H23N5O3S2/c1-15-19(31-21(25-15)20-23-9-5-10-24-20)22(28)27-13-8-16-14-17(6-7-18(16)27)32(29,30)26-11-3-2-4-12-26/h5-7,9-10,14H,2-4,8,11-13H2,1H3. The van der Waals surface area contributed by atoms with Crippen LogP contribution < -0.4 is 4.90 Å². The Morgan fingerprint density at radius 2 is 1.81 bits per heavy atom. The number of aryl methyl sites for hydroxylation is 1. The number of rotatable bonds is 4. The van der Waals surface area contributed by atoms with E-state index in [1.165, 1.54) is 11.3 Å². The second kappa shape index (κ2) is 8.34. The van der Waals surface area contributed by atoms with Gasteiger partial charge in [-0.05, 0) is 56.0 Å². The van der Waals surface area contributed by atoms with E-state index in [2.05, 4.69) is 15.0 Å². The van der Waals surface area contributed by atoms with Crippen LogP contribution in [0.4, 0.5) is 5.69 Å². The number of nitrogens with zero attached hydrogens (tertiary/aromatic N) is 5. The smallest absolute Gasteiger partial charge is 0.270 e. The minimum absolute atomic E-state index is 0.132. The predicted molar refractivity (Wildman–Crippen MR) is 122 cm³/mol. The van der Waals surface area contributed by atoms with Crippen LogP contribution in [0.5, 0.6) is 0 Å². The fourth-order valence-electron chi connectivity index (χ4n) is 4.23. The van der Waals surface area contributed by atoms with Gasteiger partial charge in [-0.25, -0.2) is 23.4 Å². The number of aromatic nitrogens is 3. The molecule has 1 amide bonds. The third kappa shape index (κ3) is 3.72. The summed E-state index contributed by atoms with van der Waals surface area (Å²) in [4.78, 5) is 28.8. The summed E-state index contributed by atoms with van der Waals surface area (Å²) >= 11 is 1.28. The molecule has 32 heavy (non-hydrogen) atoms. The van der Waals surface area contributed by atoms with E-state index in [0.717, 1.165) is 30.5 Å². The fourth-order valence-corrected chi connectivity index (χ4v) is 6.76. The van der Waals surface area contributed by atoms with Crippen LogP contribution in [0.15, 0.2) is 41.6 Å². The number of carbonyl (C=O) groups is 1. The maximum atomic E-state index is 13.3. The monoisotopic (exact) mass is 469 g/mol. The van der Waals surface area contributed by atoms with Gasteiger partial charge in [0.1, 0.15) is 4.88 Å². The molecule has 5 rings (SSSR count). The minimum atomic E-state index is -3.50. The third-order valence-corrected chi connectivity index (χ3v) is 8.93. The molecule has 166 valence electrons. The Labute approximate surface area is 191 Å². The summed E-state index contributed by atoms with van der Waals surface area (Å²) in [5, 5.41) is 0.605. The molecule has 10 heteroatoms. The average molecular weight is 470 g/mol. The van der Waals surface area contributed by atoms with Crippen molar-refractivity contribution < 1.29 is 13.2 Å². The number of benzene rings is 1. The number of anilines is 1. The normalized spacial score (nSPS) is 16.8. The fraction of sp³-hybridized carbons (Fsp3) is 0.364. The van der Waals surface area contributed by atoms with Gasteiger partial charge in [0.2, 0.25) is 10.0 Å². The van der Waals surface area contributed by atoms with Crippen molar-refractivity contribution in [3.8, 4) is 10.8 Å². The topological polar surface area (TPSA) is 96.4 Å². The summed E-state index contributed by atoms with van der Waals surface area (Å²) in [7, 11) is -3.50. The summed E-state index contributed by atoms with van der Waals surface area (Å²) in [6.07, 6.45) is 6.78. The lowest BCUT2D eigenvalue weighted by molar-refractivity contribution is 0.0992. The van der Waals surface area contributed by atoms with Gasteiger partial charge in [0.05, 0.1) is 10.6 Å². The van der Waals surface area contributed by atoms with Crippen LogP contribution in [0.1, 0.15) is 40.2 Å².